The van der Waals surface area contributed by atoms with Crippen LogP contribution in [0.1, 0.15) is 30.7 Å². The first-order valence-corrected chi connectivity index (χ1v) is 10.7. The van der Waals surface area contributed by atoms with Crippen molar-refractivity contribution in [3.8, 4) is 5.75 Å². The summed E-state index contributed by atoms with van der Waals surface area (Å²) in [6.45, 7) is 6.37. The molecule has 154 valence electrons. The molecule has 2 aliphatic heterocycles. The summed E-state index contributed by atoms with van der Waals surface area (Å²) in [6, 6.07) is 5.77. The molecule has 1 aromatic rings. The minimum Gasteiger partial charge on any atom is -0.496 e. The molecule has 1 fully saturated rings. The van der Waals surface area contributed by atoms with Crippen molar-refractivity contribution in [2.75, 3.05) is 33.4 Å². The number of methoxy groups -OCH3 is 1. The van der Waals surface area contributed by atoms with E-state index in [1.165, 1.54) is 0 Å². The molecule has 1 N–H and O–H groups in total. The molecule has 1 amide bonds. The summed E-state index contributed by atoms with van der Waals surface area (Å²) >= 11 is 3.55. The van der Waals surface area contributed by atoms with Crippen LogP contribution in [0.5, 0.6) is 5.75 Å². The summed E-state index contributed by atoms with van der Waals surface area (Å²) in [6.07, 6.45) is 2.13. The summed E-state index contributed by atoms with van der Waals surface area (Å²) in [4.78, 5) is 28.3. The van der Waals surface area contributed by atoms with Gasteiger partial charge in [0, 0.05) is 42.4 Å². The molecule has 3 aliphatic rings. The zero-order valence-electron chi connectivity index (χ0n) is 16.5. The van der Waals surface area contributed by atoms with Crippen LogP contribution in [0.15, 0.2) is 46.2 Å². The normalized spacial score (nSPS) is 24.8. The second kappa shape index (κ2) is 8.32. The number of morpholine rings is 1. The van der Waals surface area contributed by atoms with E-state index in [1.54, 1.807) is 7.11 Å². The van der Waals surface area contributed by atoms with E-state index in [2.05, 4.69) is 27.8 Å². The number of amides is 1. The molecule has 0 radical (unpaired) electrons. The largest absolute Gasteiger partial charge is 0.496 e. The molecule has 1 saturated heterocycles. The standard InChI is InChI=1S/C22H25BrN2O4/c1-13-19(22(27)25-8-10-29-11-9-25)20(14-6-7-18(28-2)15(23)12-14)21-16(24-13)4-3-5-17(21)26/h6-7,12,19-20,24H,1,3-5,8-11H2,2H3. The lowest BCUT2D eigenvalue weighted by Crippen LogP contribution is -2.49. The molecule has 6 nitrogen and oxygen atoms in total. The summed E-state index contributed by atoms with van der Waals surface area (Å²) in [5, 5.41) is 3.30. The third-order valence-electron chi connectivity index (χ3n) is 5.91. The lowest BCUT2D eigenvalue weighted by atomic mass is 9.71. The number of rotatable bonds is 3. The average Bonchev–Trinajstić information content (AvgIpc) is 2.73. The van der Waals surface area contributed by atoms with Crippen molar-refractivity contribution >= 4 is 27.6 Å². The van der Waals surface area contributed by atoms with Crippen molar-refractivity contribution in [3.05, 3.63) is 51.8 Å². The van der Waals surface area contributed by atoms with Gasteiger partial charge in [0.1, 0.15) is 5.75 Å². The highest BCUT2D eigenvalue weighted by Gasteiger charge is 2.44. The van der Waals surface area contributed by atoms with E-state index in [-0.39, 0.29) is 17.6 Å². The number of carbonyl (C=O) groups excluding carboxylic acids is 2. The van der Waals surface area contributed by atoms with Crippen molar-refractivity contribution in [3.63, 3.8) is 0 Å². The van der Waals surface area contributed by atoms with Gasteiger partial charge in [-0.1, -0.05) is 12.6 Å². The molecule has 1 aromatic carbocycles. The SMILES string of the molecule is C=C1NC2=C(C(=O)CCC2)C(c2ccc(OC)c(Br)c2)C1C(=O)N1CCOCC1. The highest BCUT2D eigenvalue weighted by molar-refractivity contribution is 9.10. The number of carbonyl (C=O) groups is 2. The topological polar surface area (TPSA) is 67.9 Å². The minimum absolute atomic E-state index is 0.00679. The van der Waals surface area contributed by atoms with Gasteiger partial charge in [-0.25, -0.2) is 0 Å². The molecule has 4 rings (SSSR count). The van der Waals surface area contributed by atoms with Gasteiger partial charge in [-0.15, -0.1) is 0 Å². The Balaban J connectivity index is 1.81. The number of Topliss-reactive ketones (excluding diaryl/α,β-unsaturated/α-hetero) is 1. The van der Waals surface area contributed by atoms with E-state index < -0.39 is 5.92 Å². The van der Waals surface area contributed by atoms with E-state index in [4.69, 9.17) is 9.47 Å². The van der Waals surface area contributed by atoms with Crippen molar-refractivity contribution < 1.29 is 19.1 Å². The van der Waals surface area contributed by atoms with E-state index in [0.29, 0.717) is 44.2 Å². The van der Waals surface area contributed by atoms with Gasteiger partial charge in [-0.2, -0.15) is 0 Å². The summed E-state index contributed by atoms with van der Waals surface area (Å²) in [5.41, 5.74) is 3.21. The van der Waals surface area contributed by atoms with Crippen LogP contribution in [0, 0.1) is 5.92 Å². The molecule has 7 heteroatoms. The molecule has 1 aliphatic carbocycles. The van der Waals surface area contributed by atoms with Crippen LogP contribution in [-0.4, -0.2) is 50.0 Å². The lowest BCUT2D eigenvalue weighted by Gasteiger charge is -2.41. The number of ether oxygens (including phenoxy) is 2. The van der Waals surface area contributed by atoms with Gasteiger partial charge in [0.15, 0.2) is 5.78 Å². The van der Waals surface area contributed by atoms with Crippen LogP contribution in [-0.2, 0) is 14.3 Å². The van der Waals surface area contributed by atoms with Gasteiger partial charge in [0.05, 0.1) is 30.7 Å². The zero-order chi connectivity index (χ0) is 20.5. The number of hydrogen-bond acceptors (Lipinski definition) is 5. The quantitative estimate of drug-likeness (QED) is 0.750. The van der Waals surface area contributed by atoms with Crippen molar-refractivity contribution in [1.29, 1.82) is 0 Å². The number of nitrogens with one attached hydrogen (secondary N) is 1. The van der Waals surface area contributed by atoms with Crippen LogP contribution < -0.4 is 10.1 Å². The van der Waals surface area contributed by atoms with Crippen LogP contribution in [0.3, 0.4) is 0 Å². The molecular formula is C22H25BrN2O4. The van der Waals surface area contributed by atoms with Crippen molar-refractivity contribution in [2.45, 2.75) is 25.2 Å². The van der Waals surface area contributed by atoms with Crippen LogP contribution in [0.2, 0.25) is 0 Å². The monoisotopic (exact) mass is 460 g/mol. The van der Waals surface area contributed by atoms with E-state index in [9.17, 15) is 9.59 Å². The lowest BCUT2D eigenvalue weighted by molar-refractivity contribution is -0.139. The van der Waals surface area contributed by atoms with Crippen LogP contribution in [0.25, 0.3) is 0 Å². The molecule has 0 aromatic heterocycles. The van der Waals surface area contributed by atoms with E-state index in [1.807, 2.05) is 23.1 Å². The third kappa shape index (κ3) is 3.73. The maximum absolute atomic E-state index is 13.5. The number of halogens is 1. The summed E-state index contributed by atoms with van der Waals surface area (Å²) in [7, 11) is 1.61. The first kappa shape index (κ1) is 20.2. The molecular weight excluding hydrogens is 436 g/mol. The summed E-state index contributed by atoms with van der Waals surface area (Å²) in [5.74, 6) is -0.0735. The van der Waals surface area contributed by atoms with Crippen LogP contribution in [0.4, 0.5) is 0 Å². The second-order valence-corrected chi connectivity index (χ2v) is 8.46. The Morgan fingerprint density at radius 3 is 2.76 bits per heavy atom. The number of ketones is 1. The van der Waals surface area contributed by atoms with E-state index in [0.717, 1.165) is 34.1 Å². The van der Waals surface area contributed by atoms with Gasteiger partial charge in [-0.3, -0.25) is 9.59 Å². The van der Waals surface area contributed by atoms with E-state index >= 15 is 0 Å². The fourth-order valence-electron chi connectivity index (χ4n) is 4.50. The predicted molar refractivity (Wildman–Crippen MR) is 112 cm³/mol. The maximum atomic E-state index is 13.5. The second-order valence-electron chi connectivity index (χ2n) is 7.61. The first-order valence-electron chi connectivity index (χ1n) is 9.93. The molecule has 0 bridgehead atoms. The van der Waals surface area contributed by atoms with Crippen LogP contribution >= 0.6 is 15.9 Å². The minimum atomic E-state index is -0.533. The van der Waals surface area contributed by atoms with Gasteiger partial charge in [-0.05, 0) is 46.5 Å². The van der Waals surface area contributed by atoms with Gasteiger partial charge in [0.2, 0.25) is 5.91 Å². The smallest absolute Gasteiger partial charge is 0.232 e. The third-order valence-corrected chi connectivity index (χ3v) is 6.53. The fraction of sp³-hybridized carbons (Fsp3) is 0.455. The molecule has 0 saturated carbocycles. The van der Waals surface area contributed by atoms with Gasteiger partial charge >= 0.3 is 0 Å². The molecule has 29 heavy (non-hydrogen) atoms. The van der Waals surface area contributed by atoms with Crippen molar-refractivity contribution in [1.82, 2.24) is 10.2 Å². The summed E-state index contributed by atoms with van der Waals surface area (Å²) < 4.78 is 11.6. The highest BCUT2D eigenvalue weighted by atomic mass is 79.9. The number of benzene rings is 1. The maximum Gasteiger partial charge on any atom is 0.232 e. The molecule has 2 atom stereocenters. The Morgan fingerprint density at radius 2 is 2.07 bits per heavy atom. The number of hydrogen-bond donors (Lipinski definition) is 1. The Kier molecular flexibility index (Phi) is 5.79. The Morgan fingerprint density at radius 1 is 1.31 bits per heavy atom. The predicted octanol–water partition coefficient (Wildman–Crippen LogP) is 3.14. The highest BCUT2D eigenvalue weighted by Crippen LogP contribution is 2.45. The number of allylic oxidation sites excluding steroid dienone is 2. The number of nitrogens with zero attached hydrogens (tertiary/aromatic N) is 1. The first-order chi connectivity index (χ1) is 14.0. The molecule has 2 heterocycles. The average molecular weight is 461 g/mol. The Labute approximate surface area is 179 Å². The molecule has 0 spiro atoms. The van der Waals surface area contributed by atoms with Crippen molar-refractivity contribution in [2.24, 2.45) is 5.92 Å². The molecule has 2 unspecified atom stereocenters. The zero-order valence-corrected chi connectivity index (χ0v) is 18.1. The van der Waals surface area contributed by atoms with Gasteiger partial charge < -0.3 is 19.7 Å². The Hall–Kier alpha value is -2.12. The van der Waals surface area contributed by atoms with Gasteiger partial charge in [0.25, 0.3) is 0 Å². The Bertz CT molecular complexity index is 889. The fourth-order valence-corrected chi connectivity index (χ4v) is 5.06.